The fourth-order valence-corrected chi connectivity index (χ4v) is 4.06. The smallest absolute Gasteiger partial charge is 0.215 e. The van der Waals surface area contributed by atoms with Crippen LogP contribution in [0.3, 0.4) is 0 Å². The van der Waals surface area contributed by atoms with Crippen molar-refractivity contribution in [2.45, 2.75) is 25.6 Å². The maximum atomic E-state index is 6.49. The molecule has 3 aromatic carbocycles. The van der Waals surface area contributed by atoms with Crippen LogP contribution < -0.4 is 4.74 Å². The monoisotopic (exact) mass is 374 g/mol. The lowest BCUT2D eigenvalue weighted by Gasteiger charge is -2.38. The van der Waals surface area contributed by atoms with Crippen molar-refractivity contribution in [3.63, 3.8) is 0 Å². The van der Waals surface area contributed by atoms with E-state index in [9.17, 15) is 0 Å². The lowest BCUT2D eigenvalue weighted by Crippen LogP contribution is -2.33. The second-order valence-corrected chi connectivity index (χ2v) is 7.45. The van der Waals surface area contributed by atoms with Gasteiger partial charge in [0.05, 0.1) is 11.8 Å². The Hall–Kier alpha value is -2.78. The standard InChI is InChI=1S/C23H19ClN2O/c1-15-10-12-16(13-11-15)20-14-21-18-7-3-5-9-22(18)27-23(26(21)25-20)17-6-2-4-8-19(17)24/h2-13,21,23H,14H2,1H3/t21-,23-/m0/s1. The summed E-state index contributed by atoms with van der Waals surface area (Å²) in [4.78, 5) is 0. The van der Waals surface area contributed by atoms with Crippen LogP contribution in [0.1, 0.15) is 40.9 Å². The van der Waals surface area contributed by atoms with E-state index in [1.54, 1.807) is 0 Å². The third-order valence-corrected chi connectivity index (χ3v) is 5.60. The molecule has 0 aromatic heterocycles. The normalized spacial score (nSPS) is 20.5. The number of halogens is 1. The summed E-state index contributed by atoms with van der Waals surface area (Å²) in [5, 5.41) is 7.74. The quantitative estimate of drug-likeness (QED) is 0.558. The second kappa shape index (κ2) is 6.43. The summed E-state index contributed by atoms with van der Waals surface area (Å²) in [6, 6.07) is 24.7. The SMILES string of the molecule is Cc1ccc(C2=NN3[C@@H](C2)c2ccccc2O[C@H]3c2ccccc2Cl)cc1. The Kier molecular flexibility index (Phi) is 3.91. The van der Waals surface area contributed by atoms with Crippen LogP contribution in [0.5, 0.6) is 5.75 Å². The average Bonchev–Trinajstić information content (AvgIpc) is 3.14. The van der Waals surface area contributed by atoms with Gasteiger partial charge in [0.25, 0.3) is 0 Å². The van der Waals surface area contributed by atoms with Gasteiger partial charge in [-0.1, -0.05) is 77.8 Å². The molecule has 0 radical (unpaired) electrons. The van der Waals surface area contributed by atoms with Crippen molar-refractivity contribution in [1.82, 2.24) is 5.01 Å². The molecule has 2 atom stereocenters. The number of aryl methyl sites for hydroxylation is 1. The molecule has 0 saturated carbocycles. The van der Waals surface area contributed by atoms with E-state index < -0.39 is 0 Å². The zero-order valence-electron chi connectivity index (χ0n) is 15.0. The average molecular weight is 375 g/mol. The zero-order valence-corrected chi connectivity index (χ0v) is 15.7. The fraction of sp³-hybridized carbons (Fsp3) is 0.174. The van der Waals surface area contributed by atoms with Crippen LogP contribution >= 0.6 is 11.6 Å². The maximum Gasteiger partial charge on any atom is 0.215 e. The molecular formula is C23H19ClN2O. The largest absolute Gasteiger partial charge is 0.464 e. The predicted octanol–water partition coefficient (Wildman–Crippen LogP) is 5.89. The number of rotatable bonds is 2. The minimum absolute atomic E-state index is 0.146. The van der Waals surface area contributed by atoms with Gasteiger partial charge in [0.15, 0.2) is 0 Å². The van der Waals surface area contributed by atoms with Crippen molar-refractivity contribution in [3.8, 4) is 5.75 Å². The second-order valence-electron chi connectivity index (χ2n) is 7.04. The van der Waals surface area contributed by atoms with Gasteiger partial charge in [0, 0.05) is 22.6 Å². The van der Waals surface area contributed by atoms with Gasteiger partial charge >= 0.3 is 0 Å². The Labute approximate surface area is 163 Å². The van der Waals surface area contributed by atoms with Crippen molar-refractivity contribution < 1.29 is 4.74 Å². The van der Waals surface area contributed by atoms with Gasteiger partial charge in [0.2, 0.25) is 6.23 Å². The number of ether oxygens (including phenoxy) is 1. The molecule has 0 unspecified atom stereocenters. The molecule has 0 spiro atoms. The number of fused-ring (bicyclic) bond motifs is 3. The van der Waals surface area contributed by atoms with Gasteiger partial charge in [-0.25, -0.2) is 5.01 Å². The van der Waals surface area contributed by atoms with E-state index in [4.69, 9.17) is 21.4 Å². The number of benzene rings is 3. The number of hydrazone groups is 1. The van der Waals surface area contributed by atoms with Crippen LogP contribution in [0.15, 0.2) is 77.9 Å². The van der Waals surface area contributed by atoms with E-state index in [1.165, 1.54) is 11.1 Å². The Morgan fingerprint density at radius 3 is 2.41 bits per heavy atom. The highest BCUT2D eigenvalue weighted by molar-refractivity contribution is 6.31. The summed E-state index contributed by atoms with van der Waals surface area (Å²) >= 11 is 6.49. The molecule has 2 aliphatic rings. The number of hydrogen-bond acceptors (Lipinski definition) is 3. The van der Waals surface area contributed by atoms with E-state index in [1.807, 2.05) is 36.4 Å². The van der Waals surface area contributed by atoms with Crippen LogP contribution in [0.4, 0.5) is 0 Å². The van der Waals surface area contributed by atoms with E-state index >= 15 is 0 Å². The van der Waals surface area contributed by atoms with Crippen LogP contribution in [-0.2, 0) is 0 Å². The van der Waals surface area contributed by atoms with Crippen LogP contribution in [0.2, 0.25) is 5.02 Å². The summed E-state index contributed by atoms with van der Waals surface area (Å²) in [6.07, 6.45) is 0.520. The van der Waals surface area contributed by atoms with Gasteiger partial charge < -0.3 is 4.74 Å². The highest BCUT2D eigenvalue weighted by atomic mass is 35.5. The molecule has 0 N–H and O–H groups in total. The Morgan fingerprint density at radius 2 is 1.63 bits per heavy atom. The first-order valence-electron chi connectivity index (χ1n) is 9.13. The summed E-state index contributed by atoms with van der Waals surface area (Å²) < 4.78 is 6.35. The highest BCUT2D eigenvalue weighted by Crippen LogP contribution is 2.48. The van der Waals surface area contributed by atoms with E-state index in [0.717, 1.165) is 29.0 Å². The molecule has 27 heavy (non-hydrogen) atoms. The zero-order chi connectivity index (χ0) is 18.4. The molecule has 3 aromatic rings. The predicted molar refractivity (Wildman–Crippen MR) is 108 cm³/mol. The summed E-state index contributed by atoms with van der Waals surface area (Å²) in [5.41, 5.74) is 5.60. The molecule has 3 nitrogen and oxygen atoms in total. The summed E-state index contributed by atoms with van der Waals surface area (Å²) in [5.74, 6) is 0.907. The molecule has 2 heterocycles. The highest BCUT2D eigenvalue weighted by Gasteiger charge is 2.41. The lowest BCUT2D eigenvalue weighted by molar-refractivity contribution is -0.0189. The van der Waals surface area contributed by atoms with Gasteiger partial charge in [-0.3, -0.25) is 0 Å². The van der Waals surface area contributed by atoms with Crippen LogP contribution in [-0.4, -0.2) is 10.7 Å². The van der Waals surface area contributed by atoms with E-state index in [0.29, 0.717) is 5.02 Å². The third kappa shape index (κ3) is 2.79. The summed E-state index contributed by atoms with van der Waals surface area (Å²) in [7, 11) is 0. The van der Waals surface area contributed by atoms with Crippen molar-refractivity contribution in [1.29, 1.82) is 0 Å². The molecule has 5 rings (SSSR count). The van der Waals surface area contributed by atoms with Crippen molar-refractivity contribution in [3.05, 3.63) is 100 Å². The summed E-state index contributed by atoms with van der Waals surface area (Å²) in [6.45, 7) is 2.10. The van der Waals surface area contributed by atoms with Gasteiger partial charge in [-0.15, -0.1) is 0 Å². The first kappa shape index (κ1) is 16.4. The molecule has 4 heteroatoms. The molecule has 0 fully saturated rings. The Balaban J connectivity index is 1.61. The topological polar surface area (TPSA) is 24.8 Å². The number of hydrogen-bond donors (Lipinski definition) is 0. The van der Waals surface area contributed by atoms with Crippen LogP contribution in [0.25, 0.3) is 0 Å². The van der Waals surface area contributed by atoms with Crippen molar-refractivity contribution >= 4 is 17.3 Å². The first-order valence-corrected chi connectivity index (χ1v) is 9.51. The molecule has 0 aliphatic carbocycles. The minimum Gasteiger partial charge on any atom is -0.464 e. The molecule has 0 amide bonds. The van der Waals surface area contributed by atoms with Gasteiger partial charge in [-0.05, 0) is 24.6 Å². The Bertz CT molecular complexity index is 1030. The first-order chi connectivity index (χ1) is 13.2. The lowest BCUT2D eigenvalue weighted by atomic mass is 9.95. The van der Waals surface area contributed by atoms with Crippen molar-refractivity contribution in [2.75, 3.05) is 0 Å². The molecule has 134 valence electrons. The molecule has 2 aliphatic heterocycles. The van der Waals surface area contributed by atoms with E-state index in [2.05, 4.69) is 48.3 Å². The number of nitrogens with zero attached hydrogens (tertiary/aromatic N) is 2. The van der Waals surface area contributed by atoms with E-state index in [-0.39, 0.29) is 12.3 Å². The van der Waals surface area contributed by atoms with Gasteiger partial charge in [0.1, 0.15) is 5.75 Å². The maximum absolute atomic E-state index is 6.49. The third-order valence-electron chi connectivity index (χ3n) is 5.26. The van der Waals surface area contributed by atoms with Crippen LogP contribution in [0, 0.1) is 6.92 Å². The molecular weight excluding hydrogens is 356 g/mol. The molecule has 0 saturated heterocycles. The Morgan fingerprint density at radius 1 is 0.926 bits per heavy atom. The minimum atomic E-state index is -0.332. The fourth-order valence-electron chi connectivity index (χ4n) is 3.84. The van der Waals surface area contributed by atoms with Crippen molar-refractivity contribution in [2.24, 2.45) is 5.10 Å². The number of para-hydroxylation sites is 1. The molecule has 0 bridgehead atoms. The van der Waals surface area contributed by atoms with Gasteiger partial charge in [-0.2, -0.15) is 5.10 Å².